The van der Waals surface area contributed by atoms with E-state index >= 15 is 0 Å². The minimum absolute atomic E-state index is 0.594. The normalized spacial score (nSPS) is 17.2. The van der Waals surface area contributed by atoms with Gasteiger partial charge in [-0.05, 0) is 83.1 Å². The lowest BCUT2D eigenvalue weighted by Crippen LogP contribution is -2.28. The van der Waals surface area contributed by atoms with Gasteiger partial charge in [0.1, 0.15) is 11.6 Å². The van der Waals surface area contributed by atoms with Crippen molar-refractivity contribution >= 4 is 45.3 Å². The molecule has 4 aromatic rings. The van der Waals surface area contributed by atoms with Gasteiger partial charge in [0.15, 0.2) is 0 Å². The molecule has 0 saturated heterocycles. The molecule has 40 heavy (non-hydrogen) atoms. The van der Waals surface area contributed by atoms with Crippen LogP contribution < -0.4 is 20.4 Å². The van der Waals surface area contributed by atoms with Gasteiger partial charge in [-0.25, -0.2) is 9.97 Å². The maximum atomic E-state index is 4.95. The van der Waals surface area contributed by atoms with Gasteiger partial charge < -0.3 is 20.4 Å². The number of para-hydroxylation sites is 2. The van der Waals surface area contributed by atoms with Crippen LogP contribution in [0.4, 0.5) is 23.5 Å². The van der Waals surface area contributed by atoms with E-state index in [0.717, 1.165) is 84.6 Å². The number of aromatic nitrogens is 4. The number of nitrogens with zero attached hydrogens (tertiary/aromatic N) is 6. The Morgan fingerprint density at radius 3 is 1.48 bits per heavy atom. The van der Waals surface area contributed by atoms with Crippen molar-refractivity contribution in [2.45, 2.75) is 53.4 Å². The third-order valence-corrected chi connectivity index (χ3v) is 8.28. The van der Waals surface area contributed by atoms with Crippen molar-refractivity contribution in [1.29, 1.82) is 0 Å². The maximum absolute atomic E-state index is 4.95. The van der Waals surface area contributed by atoms with Gasteiger partial charge in [0.25, 0.3) is 0 Å². The maximum Gasteiger partial charge on any atom is 0.225 e. The molecule has 212 valence electrons. The van der Waals surface area contributed by atoms with Gasteiger partial charge in [-0.2, -0.15) is 9.97 Å². The fourth-order valence-corrected chi connectivity index (χ4v) is 6.05. The predicted molar refractivity (Wildman–Crippen MR) is 169 cm³/mol. The van der Waals surface area contributed by atoms with Gasteiger partial charge in [-0.1, -0.05) is 30.7 Å². The number of fused-ring (bicyclic) bond motifs is 2. The van der Waals surface area contributed by atoms with Crippen molar-refractivity contribution in [2.24, 2.45) is 11.8 Å². The summed E-state index contributed by atoms with van der Waals surface area (Å²) in [6, 6.07) is 16.6. The number of hydrogen-bond acceptors (Lipinski definition) is 8. The number of nitrogens with one attached hydrogen (secondary N) is 2. The van der Waals surface area contributed by atoms with Crippen molar-refractivity contribution < 1.29 is 0 Å². The standard InChI is InChI=1S/C32H44N8/c1-5-39(6-2)29-25-16-9-11-18-27(25)35-31(37-29)33-21-23-14-13-15-24(20-23)22-34-32-36-28-19-12-10-17-26(28)30(38-32)40(7-3)8-4/h9-12,16-19,23-24H,5-8,13-15,20-22H2,1-4H3,(H,33,35,37)(H,34,36,38). The number of hydrogen-bond donors (Lipinski definition) is 2. The van der Waals surface area contributed by atoms with E-state index in [1.165, 1.54) is 25.7 Å². The molecule has 2 heterocycles. The van der Waals surface area contributed by atoms with E-state index in [2.05, 4.69) is 84.5 Å². The average Bonchev–Trinajstić information content (AvgIpc) is 3.00. The van der Waals surface area contributed by atoms with E-state index in [1.807, 2.05) is 12.1 Å². The molecule has 1 saturated carbocycles. The van der Waals surface area contributed by atoms with Crippen LogP contribution in [0.2, 0.25) is 0 Å². The molecule has 2 aromatic heterocycles. The Morgan fingerprint density at radius 2 is 1.05 bits per heavy atom. The fraction of sp³-hybridized carbons (Fsp3) is 0.500. The van der Waals surface area contributed by atoms with Crippen LogP contribution >= 0.6 is 0 Å². The van der Waals surface area contributed by atoms with E-state index in [9.17, 15) is 0 Å². The van der Waals surface area contributed by atoms with Crippen molar-refractivity contribution in [3.8, 4) is 0 Å². The lowest BCUT2D eigenvalue weighted by Gasteiger charge is -2.30. The van der Waals surface area contributed by atoms with Gasteiger partial charge in [-0.15, -0.1) is 0 Å². The summed E-state index contributed by atoms with van der Waals surface area (Å²) in [5.41, 5.74) is 1.99. The van der Waals surface area contributed by atoms with Crippen molar-refractivity contribution in [1.82, 2.24) is 19.9 Å². The predicted octanol–water partition coefficient (Wildman–Crippen LogP) is 6.60. The van der Waals surface area contributed by atoms with Crippen LogP contribution in [-0.4, -0.2) is 59.2 Å². The highest BCUT2D eigenvalue weighted by Gasteiger charge is 2.23. The van der Waals surface area contributed by atoms with Gasteiger partial charge in [0.05, 0.1) is 11.0 Å². The van der Waals surface area contributed by atoms with Crippen molar-refractivity contribution in [3.05, 3.63) is 48.5 Å². The topological polar surface area (TPSA) is 82.1 Å². The monoisotopic (exact) mass is 540 g/mol. The van der Waals surface area contributed by atoms with Crippen LogP contribution in [0.3, 0.4) is 0 Å². The summed E-state index contributed by atoms with van der Waals surface area (Å²) in [5.74, 6) is 4.68. The Balaban J connectivity index is 1.24. The van der Waals surface area contributed by atoms with E-state index in [-0.39, 0.29) is 0 Å². The first-order chi connectivity index (χ1) is 19.6. The van der Waals surface area contributed by atoms with Gasteiger partial charge in [0.2, 0.25) is 11.9 Å². The lowest BCUT2D eigenvalue weighted by atomic mass is 9.81. The van der Waals surface area contributed by atoms with Crippen molar-refractivity contribution in [2.75, 3.05) is 59.7 Å². The smallest absolute Gasteiger partial charge is 0.225 e. The summed E-state index contributed by atoms with van der Waals surface area (Å²) in [6.45, 7) is 14.2. The molecule has 0 radical (unpaired) electrons. The van der Waals surface area contributed by atoms with E-state index in [4.69, 9.17) is 19.9 Å². The number of benzene rings is 2. The number of rotatable bonds is 12. The molecule has 0 bridgehead atoms. The zero-order valence-corrected chi connectivity index (χ0v) is 24.5. The first-order valence-electron chi connectivity index (χ1n) is 15.1. The first-order valence-corrected chi connectivity index (χ1v) is 15.1. The molecule has 1 aliphatic carbocycles. The minimum atomic E-state index is 0.594. The molecule has 2 aromatic carbocycles. The Labute approximate surface area is 238 Å². The highest BCUT2D eigenvalue weighted by molar-refractivity contribution is 5.91. The molecule has 2 atom stereocenters. The summed E-state index contributed by atoms with van der Waals surface area (Å²) >= 11 is 0. The first kappa shape index (κ1) is 27.9. The molecular weight excluding hydrogens is 496 g/mol. The summed E-state index contributed by atoms with van der Waals surface area (Å²) in [6.07, 6.45) is 4.88. The van der Waals surface area contributed by atoms with Crippen LogP contribution in [-0.2, 0) is 0 Å². The van der Waals surface area contributed by atoms with Gasteiger partial charge in [-0.3, -0.25) is 0 Å². The molecule has 2 N–H and O–H groups in total. The quantitative estimate of drug-likeness (QED) is 0.208. The van der Waals surface area contributed by atoms with Crippen LogP contribution in [0.15, 0.2) is 48.5 Å². The van der Waals surface area contributed by atoms with Crippen LogP contribution in [0, 0.1) is 11.8 Å². The second-order valence-electron chi connectivity index (χ2n) is 10.8. The van der Waals surface area contributed by atoms with Crippen LogP contribution in [0.25, 0.3) is 21.8 Å². The average molecular weight is 541 g/mol. The van der Waals surface area contributed by atoms with Crippen LogP contribution in [0.5, 0.6) is 0 Å². The second-order valence-corrected chi connectivity index (χ2v) is 10.8. The second kappa shape index (κ2) is 13.1. The summed E-state index contributed by atoms with van der Waals surface area (Å²) < 4.78 is 0. The summed E-state index contributed by atoms with van der Waals surface area (Å²) in [5, 5.41) is 9.42. The molecule has 2 unspecified atom stereocenters. The Bertz CT molecular complexity index is 1290. The van der Waals surface area contributed by atoms with Crippen LogP contribution in [0.1, 0.15) is 53.4 Å². The van der Waals surface area contributed by atoms with Gasteiger partial charge in [0, 0.05) is 50.0 Å². The molecule has 8 heteroatoms. The summed E-state index contributed by atoms with van der Waals surface area (Å²) in [7, 11) is 0. The molecule has 1 aliphatic rings. The molecule has 5 rings (SSSR count). The highest BCUT2D eigenvalue weighted by atomic mass is 15.2. The Morgan fingerprint density at radius 1 is 0.625 bits per heavy atom. The molecule has 0 amide bonds. The number of anilines is 4. The fourth-order valence-electron chi connectivity index (χ4n) is 6.05. The highest BCUT2D eigenvalue weighted by Crippen LogP contribution is 2.31. The molecule has 0 aliphatic heterocycles. The zero-order chi connectivity index (χ0) is 27.9. The third kappa shape index (κ3) is 6.21. The summed E-state index contributed by atoms with van der Waals surface area (Å²) in [4.78, 5) is 24.2. The minimum Gasteiger partial charge on any atom is -0.356 e. The van der Waals surface area contributed by atoms with E-state index < -0.39 is 0 Å². The third-order valence-electron chi connectivity index (χ3n) is 8.28. The van der Waals surface area contributed by atoms with Crippen molar-refractivity contribution in [3.63, 3.8) is 0 Å². The molecular formula is C32H44N8. The van der Waals surface area contributed by atoms with E-state index in [1.54, 1.807) is 0 Å². The zero-order valence-electron chi connectivity index (χ0n) is 24.5. The molecule has 1 fully saturated rings. The van der Waals surface area contributed by atoms with Gasteiger partial charge >= 0.3 is 0 Å². The SMILES string of the molecule is CCN(CC)c1nc(NCC2CCCC(CNc3nc(N(CC)CC)c4ccccc4n3)C2)nc2ccccc12. The largest absolute Gasteiger partial charge is 0.356 e. The van der Waals surface area contributed by atoms with E-state index in [0.29, 0.717) is 11.8 Å². The molecule has 0 spiro atoms. The molecule has 8 nitrogen and oxygen atoms in total. The Kier molecular flexibility index (Phi) is 9.14. The Hall–Kier alpha value is -3.68. The lowest BCUT2D eigenvalue weighted by molar-refractivity contribution is 0.286.